The number of ether oxygens (including phenoxy) is 1. The second kappa shape index (κ2) is 7.72. The maximum Gasteiger partial charge on any atom is 0.317 e. The van der Waals surface area contributed by atoms with E-state index in [1.807, 2.05) is 18.7 Å². The van der Waals surface area contributed by atoms with Crippen molar-refractivity contribution in [2.75, 3.05) is 13.1 Å². The normalized spacial score (nSPS) is 31.0. The Kier molecular flexibility index (Phi) is 5.64. The first-order valence-corrected chi connectivity index (χ1v) is 9.54. The van der Waals surface area contributed by atoms with Crippen LogP contribution in [0.15, 0.2) is 0 Å². The number of amides is 3. The largest absolute Gasteiger partial charge is 0.370 e. The molecule has 0 aromatic carbocycles. The van der Waals surface area contributed by atoms with Crippen molar-refractivity contribution < 1.29 is 14.3 Å². The fourth-order valence-corrected chi connectivity index (χ4v) is 4.18. The van der Waals surface area contributed by atoms with Crippen molar-refractivity contribution in [2.24, 2.45) is 5.92 Å². The molecule has 3 atom stereocenters. The van der Waals surface area contributed by atoms with E-state index in [4.69, 9.17) is 4.74 Å². The molecular weight excluding hydrogens is 306 g/mol. The van der Waals surface area contributed by atoms with Crippen molar-refractivity contribution in [2.45, 2.75) is 83.1 Å². The number of rotatable bonds is 3. The van der Waals surface area contributed by atoms with Crippen molar-refractivity contribution in [3.05, 3.63) is 0 Å². The molecule has 0 aromatic heterocycles. The molecule has 6 heteroatoms. The fraction of sp³-hybridized carbons (Fsp3) is 0.889. The Balaban J connectivity index is 1.53. The van der Waals surface area contributed by atoms with Crippen LogP contribution in [-0.2, 0) is 9.53 Å². The summed E-state index contributed by atoms with van der Waals surface area (Å²) < 4.78 is 5.92. The van der Waals surface area contributed by atoms with Gasteiger partial charge in [0.1, 0.15) is 0 Å². The van der Waals surface area contributed by atoms with Gasteiger partial charge >= 0.3 is 6.03 Å². The molecule has 2 aliphatic heterocycles. The lowest BCUT2D eigenvalue weighted by Crippen LogP contribution is -2.53. The minimum atomic E-state index is -0.164. The van der Waals surface area contributed by atoms with Crippen LogP contribution < -0.4 is 10.6 Å². The van der Waals surface area contributed by atoms with Gasteiger partial charge in [0, 0.05) is 25.2 Å². The predicted molar refractivity (Wildman–Crippen MR) is 91.6 cm³/mol. The highest BCUT2D eigenvalue weighted by Gasteiger charge is 2.45. The molecule has 3 rings (SSSR count). The first kappa shape index (κ1) is 17.5. The smallest absolute Gasteiger partial charge is 0.317 e. The molecule has 3 fully saturated rings. The SMILES string of the molecule is CC(C)NC(=O)[C@@H]1C[C@H]2CN(C(=O)NC3CCCCCC3)C[C@@H]1O2. The molecule has 2 saturated heterocycles. The molecular formula is C18H31N3O3. The molecule has 6 nitrogen and oxygen atoms in total. The van der Waals surface area contributed by atoms with E-state index in [0.717, 1.165) is 19.3 Å². The number of fused-ring (bicyclic) bond motifs is 2. The Labute approximate surface area is 144 Å². The molecule has 2 N–H and O–H groups in total. The lowest BCUT2D eigenvalue weighted by atomic mass is 9.99. The van der Waals surface area contributed by atoms with E-state index in [1.165, 1.54) is 25.7 Å². The number of nitrogens with one attached hydrogen (secondary N) is 2. The number of nitrogens with zero attached hydrogens (tertiary/aromatic N) is 1. The van der Waals surface area contributed by atoms with Gasteiger partial charge in [-0.3, -0.25) is 4.79 Å². The number of hydrogen-bond donors (Lipinski definition) is 2. The number of urea groups is 1. The third kappa shape index (κ3) is 4.21. The highest BCUT2D eigenvalue weighted by molar-refractivity contribution is 5.80. The number of carbonyl (C=O) groups is 2. The molecule has 0 radical (unpaired) electrons. The summed E-state index contributed by atoms with van der Waals surface area (Å²) in [5, 5.41) is 6.18. The van der Waals surface area contributed by atoms with Crippen LogP contribution in [0.25, 0.3) is 0 Å². The van der Waals surface area contributed by atoms with Gasteiger partial charge in [-0.1, -0.05) is 25.7 Å². The zero-order valence-corrected chi connectivity index (χ0v) is 14.9. The maximum absolute atomic E-state index is 12.6. The van der Waals surface area contributed by atoms with E-state index < -0.39 is 0 Å². The third-order valence-corrected chi connectivity index (χ3v) is 5.39. The summed E-state index contributed by atoms with van der Waals surface area (Å²) in [5.74, 6) is -0.0726. The Bertz CT molecular complexity index is 460. The number of hydrogen-bond acceptors (Lipinski definition) is 3. The van der Waals surface area contributed by atoms with Crippen molar-refractivity contribution in [1.82, 2.24) is 15.5 Å². The highest BCUT2D eigenvalue weighted by Crippen LogP contribution is 2.32. The van der Waals surface area contributed by atoms with Crippen molar-refractivity contribution in [3.63, 3.8) is 0 Å². The molecule has 1 aliphatic carbocycles. The Morgan fingerprint density at radius 1 is 1.08 bits per heavy atom. The quantitative estimate of drug-likeness (QED) is 0.774. The summed E-state index contributed by atoms with van der Waals surface area (Å²) in [5.41, 5.74) is 0. The van der Waals surface area contributed by atoms with Gasteiger partial charge in [0.25, 0.3) is 0 Å². The van der Waals surface area contributed by atoms with Crippen LogP contribution in [0, 0.1) is 5.92 Å². The summed E-state index contributed by atoms with van der Waals surface area (Å²) in [6.07, 6.45) is 7.68. The Morgan fingerprint density at radius 2 is 1.79 bits per heavy atom. The second-order valence-electron chi connectivity index (χ2n) is 7.84. The zero-order valence-electron chi connectivity index (χ0n) is 14.9. The summed E-state index contributed by atoms with van der Waals surface area (Å²) >= 11 is 0. The van der Waals surface area contributed by atoms with Crippen LogP contribution in [0.2, 0.25) is 0 Å². The summed E-state index contributed by atoms with van der Waals surface area (Å²) in [4.78, 5) is 26.8. The lowest BCUT2D eigenvalue weighted by molar-refractivity contribution is -0.128. The van der Waals surface area contributed by atoms with E-state index in [9.17, 15) is 9.59 Å². The van der Waals surface area contributed by atoms with Gasteiger partial charge in [0.15, 0.2) is 0 Å². The molecule has 2 bridgehead atoms. The predicted octanol–water partition coefficient (Wildman–Crippen LogP) is 2.03. The summed E-state index contributed by atoms with van der Waals surface area (Å²) in [6, 6.07) is 0.457. The van der Waals surface area contributed by atoms with Gasteiger partial charge in [-0.2, -0.15) is 0 Å². The van der Waals surface area contributed by atoms with Crippen molar-refractivity contribution in [3.8, 4) is 0 Å². The minimum Gasteiger partial charge on any atom is -0.370 e. The molecule has 136 valence electrons. The molecule has 0 spiro atoms. The van der Waals surface area contributed by atoms with Crippen LogP contribution in [-0.4, -0.2) is 54.2 Å². The van der Waals surface area contributed by atoms with Crippen LogP contribution in [0.4, 0.5) is 4.79 Å². The van der Waals surface area contributed by atoms with Gasteiger partial charge in [-0.15, -0.1) is 0 Å². The number of morpholine rings is 1. The standard InChI is InChI=1S/C18H31N3O3/c1-12(2)19-17(22)15-9-14-10-21(11-16(15)24-14)18(23)20-13-7-5-3-4-6-8-13/h12-16H,3-11H2,1-2H3,(H,19,22)(H,20,23)/t14-,15+,16-/m0/s1. The summed E-state index contributed by atoms with van der Waals surface area (Å²) in [6.45, 7) is 5.05. The number of carbonyl (C=O) groups excluding carboxylic acids is 2. The van der Waals surface area contributed by atoms with Crippen LogP contribution in [0.3, 0.4) is 0 Å². The van der Waals surface area contributed by atoms with Gasteiger partial charge in [0.05, 0.1) is 18.1 Å². The minimum absolute atomic E-state index is 0.00783. The van der Waals surface area contributed by atoms with Crippen LogP contribution >= 0.6 is 0 Å². The van der Waals surface area contributed by atoms with Gasteiger partial charge < -0.3 is 20.3 Å². The van der Waals surface area contributed by atoms with E-state index in [-0.39, 0.29) is 36.1 Å². The van der Waals surface area contributed by atoms with E-state index in [1.54, 1.807) is 0 Å². The second-order valence-corrected chi connectivity index (χ2v) is 7.84. The first-order chi connectivity index (χ1) is 11.5. The third-order valence-electron chi connectivity index (χ3n) is 5.39. The Morgan fingerprint density at radius 3 is 2.46 bits per heavy atom. The average Bonchev–Trinajstić information content (AvgIpc) is 2.71. The molecule has 2 heterocycles. The monoisotopic (exact) mass is 337 g/mol. The van der Waals surface area contributed by atoms with Crippen LogP contribution in [0.5, 0.6) is 0 Å². The molecule has 0 unspecified atom stereocenters. The summed E-state index contributed by atoms with van der Waals surface area (Å²) in [7, 11) is 0. The van der Waals surface area contributed by atoms with Gasteiger partial charge in [-0.05, 0) is 33.1 Å². The van der Waals surface area contributed by atoms with E-state index >= 15 is 0 Å². The molecule has 1 saturated carbocycles. The Hall–Kier alpha value is -1.30. The van der Waals surface area contributed by atoms with Crippen molar-refractivity contribution in [1.29, 1.82) is 0 Å². The van der Waals surface area contributed by atoms with E-state index in [0.29, 0.717) is 19.1 Å². The molecule has 3 aliphatic rings. The van der Waals surface area contributed by atoms with E-state index in [2.05, 4.69) is 10.6 Å². The number of likely N-dealkylation sites (tertiary alicyclic amines) is 1. The van der Waals surface area contributed by atoms with Gasteiger partial charge in [-0.25, -0.2) is 4.79 Å². The average molecular weight is 337 g/mol. The molecule has 24 heavy (non-hydrogen) atoms. The zero-order chi connectivity index (χ0) is 17.1. The van der Waals surface area contributed by atoms with Crippen LogP contribution in [0.1, 0.15) is 58.8 Å². The first-order valence-electron chi connectivity index (χ1n) is 9.54. The molecule has 0 aromatic rings. The maximum atomic E-state index is 12.6. The topological polar surface area (TPSA) is 70.7 Å². The molecule has 3 amide bonds. The highest BCUT2D eigenvalue weighted by atomic mass is 16.5. The van der Waals surface area contributed by atoms with Crippen molar-refractivity contribution >= 4 is 11.9 Å². The fourth-order valence-electron chi connectivity index (χ4n) is 4.18. The van der Waals surface area contributed by atoms with Gasteiger partial charge in [0.2, 0.25) is 5.91 Å². The lowest BCUT2D eigenvalue weighted by Gasteiger charge is -2.34.